The number of imidazole rings is 1. The molecule has 0 saturated carbocycles. The van der Waals surface area contributed by atoms with Gasteiger partial charge in [0, 0.05) is 30.2 Å². The van der Waals surface area contributed by atoms with Crippen molar-refractivity contribution in [2.24, 2.45) is 0 Å². The molecule has 33 heavy (non-hydrogen) atoms. The van der Waals surface area contributed by atoms with Crippen LogP contribution in [0.5, 0.6) is 0 Å². The third-order valence-corrected chi connectivity index (χ3v) is 6.70. The van der Waals surface area contributed by atoms with Crippen LogP contribution >= 0.6 is 23.4 Å². The molecule has 0 saturated heterocycles. The van der Waals surface area contributed by atoms with E-state index in [0.29, 0.717) is 41.6 Å². The fourth-order valence-electron chi connectivity index (χ4n) is 3.81. The number of halogens is 1. The zero-order valence-electron chi connectivity index (χ0n) is 18.8. The molecule has 0 aliphatic carbocycles. The second-order valence-corrected chi connectivity index (χ2v) is 8.93. The molecule has 0 atom stereocenters. The number of nitrogens with zero attached hydrogens (tertiary/aromatic N) is 6. The minimum Gasteiger partial charge on any atom is -0.322 e. The van der Waals surface area contributed by atoms with Gasteiger partial charge >= 0.3 is 5.69 Å². The highest BCUT2D eigenvalue weighted by molar-refractivity contribution is 7.98. The molecule has 4 rings (SSSR count). The van der Waals surface area contributed by atoms with Gasteiger partial charge in [0.1, 0.15) is 5.82 Å². The number of fused-ring (bicyclic) bond motifs is 1. The number of aromatic amines is 1. The van der Waals surface area contributed by atoms with Crippen LogP contribution in [0.2, 0.25) is 5.02 Å². The van der Waals surface area contributed by atoms with E-state index in [-0.39, 0.29) is 0 Å². The fraction of sp³-hybridized carbons (Fsp3) is 0.409. The second-order valence-electron chi connectivity index (χ2n) is 7.55. The highest BCUT2D eigenvalue weighted by Gasteiger charge is 2.19. The SMILES string of the molecule is CCCCn1c(=O)[nH]c(=O)c2c1nc(CSc1nnc(-c3ccc(Cl)cc3)n1CC)n2CC. The van der Waals surface area contributed by atoms with E-state index in [1.807, 2.05) is 47.2 Å². The van der Waals surface area contributed by atoms with E-state index in [9.17, 15) is 9.59 Å². The van der Waals surface area contributed by atoms with Gasteiger partial charge in [-0.1, -0.05) is 36.7 Å². The monoisotopic (exact) mass is 487 g/mol. The van der Waals surface area contributed by atoms with Crippen LogP contribution < -0.4 is 11.2 Å². The first kappa shape index (κ1) is 23.3. The van der Waals surface area contributed by atoms with Gasteiger partial charge in [-0.25, -0.2) is 9.78 Å². The maximum Gasteiger partial charge on any atom is 0.330 e. The van der Waals surface area contributed by atoms with Gasteiger partial charge in [-0.2, -0.15) is 0 Å². The van der Waals surface area contributed by atoms with E-state index >= 15 is 0 Å². The summed E-state index contributed by atoms with van der Waals surface area (Å²) in [5.41, 5.74) is 0.985. The van der Waals surface area contributed by atoms with Crippen molar-refractivity contribution in [2.75, 3.05) is 0 Å². The summed E-state index contributed by atoms with van der Waals surface area (Å²) in [6.45, 7) is 7.85. The Kier molecular flexibility index (Phi) is 7.04. The van der Waals surface area contributed by atoms with Gasteiger partial charge in [0.2, 0.25) is 0 Å². The van der Waals surface area contributed by atoms with E-state index in [0.717, 1.165) is 35.2 Å². The number of unbranched alkanes of at least 4 members (excludes halogenated alkanes) is 1. The summed E-state index contributed by atoms with van der Waals surface area (Å²) in [6.07, 6.45) is 1.77. The Labute approximate surface area is 199 Å². The largest absolute Gasteiger partial charge is 0.330 e. The minimum absolute atomic E-state index is 0.407. The molecule has 0 fully saturated rings. The number of benzene rings is 1. The predicted octanol–water partition coefficient (Wildman–Crippen LogP) is 3.93. The number of nitrogens with one attached hydrogen (secondary N) is 1. The van der Waals surface area contributed by atoms with Crippen molar-refractivity contribution >= 4 is 34.5 Å². The van der Waals surface area contributed by atoms with E-state index < -0.39 is 11.2 Å². The van der Waals surface area contributed by atoms with Gasteiger partial charge in [0.05, 0.1) is 5.75 Å². The molecule has 4 aromatic rings. The Balaban J connectivity index is 1.69. The van der Waals surface area contributed by atoms with Crippen LogP contribution in [0.15, 0.2) is 39.0 Å². The summed E-state index contributed by atoms with van der Waals surface area (Å²) in [6, 6.07) is 7.51. The molecule has 0 aliphatic heterocycles. The summed E-state index contributed by atoms with van der Waals surface area (Å²) in [5, 5.41) is 10.2. The van der Waals surface area contributed by atoms with Crippen LogP contribution in [-0.4, -0.2) is 33.9 Å². The number of aromatic nitrogens is 7. The molecule has 0 bridgehead atoms. The maximum absolute atomic E-state index is 12.6. The number of rotatable bonds is 9. The standard InChI is InChI=1S/C22H26ClN7O2S/c1-4-7-12-30-19-17(20(31)25-21(30)32)28(5-2)16(24-19)13-33-22-27-26-18(29(22)6-3)14-8-10-15(23)11-9-14/h8-11H,4-7,12-13H2,1-3H3,(H,25,31,32). The van der Waals surface area contributed by atoms with Crippen LogP contribution in [0.4, 0.5) is 0 Å². The van der Waals surface area contributed by atoms with Crippen molar-refractivity contribution < 1.29 is 0 Å². The normalized spacial score (nSPS) is 11.5. The summed E-state index contributed by atoms with van der Waals surface area (Å²) < 4.78 is 5.47. The van der Waals surface area contributed by atoms with Crippen molar-refractivity contribution in [3.05, 3.63) is 56.0 Å². The van der Waals surface area contributed by atoms with Gasteiger partial charge in [0.15, 0.2) is 22.1 Å². The molecule has 1 aromatic carbocycles. The Morgan fingerprint density at radius 3 is 2.39 bits per heavy atom. The molecule has 3 aromatic heterocycles. The Morgan fingerprint density at radius 2 is 1.73 bits per heavy atom. The maximum atomic E-state index is 12.6. The van der Waals surface area contributed by atoms with Crippen molar-refractivity contribution in [3.8, 4) is 11.4 Å². The third-order valence-electron chi connectivity index (χ3n) is 5.48. The van der Waals surface area contributed by atoms with Gasteiger partial charge < -0.3 is 9.13 Å². The third kappa shape index (κ3) is 4.49. The van der Waals surface area contributed by atoms with Gasteiger partial charge in [-0.05, 0) is 44.5 Å². The van der Waals surface area contributed by atoms with E-state index in [2.05, 4.69) is 22.1 Å². The summed E-state index contributed by atoms with van der Waals surface area (Å²) in [4.78, 5) is 32.2. The molecule has 3 heterocycles. The zero-order valence-corrected chi connectivity index (χ0v) is 20.4. The molecule has 1 N–H and O–H groups in total. The average molecular weight is 488 g/mol. The number of aryl methyl sites for hydroxylation is 2. The lowest BCUT2D eigenvalue weighted by atomic mass is 10.2. The topological polar surface area (TPSA) is 103 Å². The summed E-state index contributed by atoms with van der Waals surface area (Å²) >= 11 is 7.52. The molecular formula is C22H26ClN7O2S. The number of hydrogen-bond acceptors (Lipinski definition) is 6. The Hall–Kier alpha value is -2.85. The van der Waals surface area contributed by atoms with Gasteiger partial charge in [-0.3, -0.25) is 14.3 Å². The van der Waals surface area contributed by atoms with E-state index in [1.54, 1.807) is 4.57 Å². The van der Waals surface area contributed by atoms with Crippen molar-refractivity contribution in [2.45, 2.75) is 64.2 Å². The highest BCUT2D eigenvalue weighted by atomic mass is 35.5. The zero-order chi connectivity index (χ0) is 23.5. The predicted molar refractivity (Wildman–Crippen MR) is 131 cm³/mol. The first-order valence-corrected chi connectivity index (χ1v) is 12.4. The lowest BCUT2D eigenvalue weighted by Gasteiger charge is -2.08. The minimum atomic E-state index is -0.417. The van der Waals surface area contributed by atoms with Crippen molar-refractivity contribution in [1.82, 2.24) is 33.9 Å². The average Bonchev–Trinajstić information content (AvgIpc) is 3.39. The molecule has 0 unspecified atom stereocenters. The second kappa shape index (κ2) is 9.96. The van der Waals surface area contributed by atoms with Crippen molar-refractivity contribution in [3.63, 3.8) is 0 Å². The first-order valence-electron chi connectivity index (χ1n) is 11.0. The lowest BCUT2D eigenvalue weighted by Crippen LogP contribution is -2.31. The molecular weight excluding hydrogens is 462 g/mol. The Bertz CT molecular complexity index is 1380. The molecule has 0 amide bonds. The molecule has 9 nitrogen and oxygen atoms in total. The smallest absolute Gasteiger partial charge is 0.322 e. The molecule has 0 radical (unpaired) electrons. The fourth-order valence-corrected chi connectivity index (χ4v) is 4.89. The summed E-state index contributed by atoms with van der Waals surface area (Å²) in [7, 11) is 0. The van der Waals surface area contributed by atoms with Crippen LogP contribution in [-0.2, 0) is 25.4 Å². The van der Waals surface area contributed by atoms with E-state index in [4.69, 9.17) is 16.6 Å². The number of thioether (sulfide) groups is 1. The van der Waals surface area contributed by atoms with Crippen LogP contribution in [0.3, 0.4) is 0 Å². The quantitative estimate of drug-likeness (QED) is 0.359. The van der Waals surface area contributed by atoms with Crippen LogP contribution in [0, 0.1) is 0 Å². The van der Waals surface area contributed by atoms with Gasteiger partial charge in [-0.15, -0.1) is 10.2 Å². The van der Waals surface area contributed by atoms with Crippen LogP contribution in [0.25, 0.3) is 22.6 Å². The molecule has 11 heteroatoms. The van der Waals surface area contributed by atoms with Gasteiger partial charge in [0.25, 0.3) is 5.56 Å². The first-order chi connectivity index (χ1) is 16.0. The number of hydrogen-bond donors (Lipinski definition) is 1. The Morgan fingerprint density at radius 1 is 1.00 bits per heavy atom. The van der Waals surface area contributed by atoms with Crippen LogP contribution in [0.1, 0.15) is 39.4 Å². The molecule has 0 aliphatic rings. The molecule has 174 valence electrons. The van der Waals surface area contributed by atoms with Crippen molar-refractivity contribution in [1.29, 1.82) is 0 Å². The summed E-state index contributed by atoms with van der Waals surface area (Å²) in [5.74, 6) is 1.98. The highest BCUT2D eigenvalue weighted by Crippen LogP contribution is 2.27. The number of H-pyrrole nitrogens is 1. The lowest BCUT2D eigenvalue weighted by molar-refractivity contribution is 0.613. The molecule has 0 spiro atoms. The van der Waals surface area contributed by atoms with E-state index in [1.165, 1.54) is 11.8 Å².